The topological polar surface area (TPSA) is 49.4 Å². The van der Waals surface area contributed by atoms with E-state index in [-0.39, 0.29) is 30.1 Å². The largest absolute Gasteiger partial charge is 0.347 e. The highest BCUT2D eigenvalue weighted by molar-refractivity contribution is 5.99. The zero-order valence-electron chi connectivity index (χ0n) is 15.1. The minimum Gasteiger partial charge on any atom is -0.347 e. The third-order valence-electron chi connectivity index (χ3n) is 4.85. The fraction of sp³-hybridized carbons (Fsp3) is 0.130. The molecule has 0 radical (unpaired) electrons. The van der Waals surface area contributed by atoms with E-state index in [1.54, 1.807) is 29.2 Å². The van der Waals surface area contributed by atoms with Crippen LogP contribution in [0.1, 0.15) is 16.8 Å². The smallest absolute Gasteiger partial charge is 0.251 e. The van der Waals surface area contributed by atoms with Crippen molar-refractivity contribution < 1.29 is 14.0 Å². The molecule has 0 unspecified atom stereocenters. The molecule has 1 saturated heterocycles. The van der Waals surface area contributed by atoms with E-state index in [2.05, 4.69) is 5.32 Å². The standard InChI is InChI=1S/C23H19FN2O2/c24-19-10-12-21(13-11-19)26-15-20(14-22(26)27)25-23(28)18-8-6-17(7-9-18)16-4-2-1-3-5-16/h1-13,20H,14-15H2,(H,25,28)/t20-/m0/s1. The van der Waals surface area contributed by atoms with Crippen molar-refractivity contribution >= 4 is 17.5 Å². The number of carbonyl (C=O) groups excluding carboxylic acids is 2. The van der Waals surface area contributed by atoms with Gasteiger partial charge in [-0.3, -0.25) is 9.59 Å². The molecule has 140 valence electrons. The maximum Gasteiger partial charge on any atom is 0.251 e. The molecule has 1 atom stereocenters. The fourth-order valence-corrected chi connectivity index (χ4v) is 3.39. The Kier molecular flexibility index (Phi) is 4.89. The molecule has 1 fully saturated rings. The molecule has 1 aliphatic rings. The van der Waals surface area contributed by atoms with E-state index in [0.717, 1.165) is 11.1 Å². The summed E-state index contributed by atoms with van der Waals surface area (Å²) in [7, 11) is 0. The molecule has 1 aliphatic heterocycles. The van der Waals surface area contributed by atoms with Gasteiger partial charge in [-0.25, -0.2) is 4.39 Å². The summed E-state index contributed by atoms with van der Waals surface area (Å²) in [4.78, 5) is 26.4. The van der Waals surface area contributed by atoms with Gasteiger partial charge in [0.25, 0.3) is 5.91 Å². The fourth-order valence-electron chi connectivity index (χ4n) is 3.39. The summed E-state index contributed by atoms with van der Waals surface area (Å²) in [6.45, 7) is 0.373. The van der Waals surface area contributed by atoms with Crippen LogP contribution in [0.15, 0.2) is 78.9 Å². The molecule has 4 nitrogen and oxygen atoms in total. The quantitative estimate of drug-likeness (QED) is 0.750. The Hall–Kier alpha value is -3.47. The summed E-state index contributed by atoms with van der Waals surface area (Å²) < 4.78 is 13.1. The molecule has 0 aliphatic carbocycles. The highest BCUT2D eigenvalue weighted by atomic mass is 19.1. The molecule has 3 aromatic rings. The Morgan fingerprint density at radius 1 is 0.893 bits per heavy atom. The highest BCUT2D eigenvalue weighted by Crippen LogP contribution is 2.23. The maximum atomic E-state index is 13.1. The molecular weight excluding hydrogens is 355 g/mol. The Labute approximate surface area is 162 Å². The third-order valence-corrected chi connectivity index (χ3v) is 4.85. The number of hydrogen-bond donors (Lipinski definition) is 1. The molecule has 0 spiro atoms. The second-order valence-corrected chi connectivity index (χ2v) is 6.80. The van der Waals surface area contributed by atoms with Gasteiger partial charge in [0.15, 0.2) is 0 Å². The first-order valence-electron chi connectivity index (χ1n) is 9.12. The van der Waals surface area contributed by atoms with Crippen LogP contribution in [0.3, 0.4) is 0 Å². The second kappa shape index (κ2) is 7.64. The maximum absolute atomic E-state index is 13.1. The van der Waals surface area contributed by atoms with E-state index in [1.165, 1.54) is 12.1 Å². The number of nitrogens with one attached hydrogen (secondary N) is 1. The number of carbonyl (C=O) groups is 2. The number of rotatable bonds is 4. The van der Waals surface area contributed by atoms with Gasteiger partial charge in [0, 0.05) is 24.2 Å². The van der Waals surface area contributed by atoms with Gasteiger partial charge in [0.05, 0.1) is 6.04 Å². The van der Waals surface area contributed by atoms with Gasteiger partial charge >= 0.3 is 0 Å². The van der Waals surface area contributed by atoms with Crippen LogP contribution in [0.4, 0.5) is 10.1 Å². The van der Waals surface area contributed by atoms with Crippen LogP contribution in [-0.2, 0) is 4.79 Å². The first-order valence-corrected chi connectivity index (χ1v) is 9.12. The van der Waals surface area contributed by atoms with Crippen molar-refractivity contribution in [3.05, 3.63) is 90.2 Å². The Morgan fingerprint density at radius 3 is 2.21 bits per heavy atom. The molecule has 28 heavy (non-hydrogen) atoms. The lowest BCUT2D eigenvalue weighted by Gasteiger charge is -2.17. The lowest BCUT2D eigenvalue weighted by molar-refractivity contribution is -0.117. The van der Waals surface area contributed by atoms with Crippen molar-refractivity contribution in [3.63, 3.8) is 0 Å². The van der Waals surface area contributed by atoms with Crippen LogP contribution in [0.5, 0.6) is 0 Å². The number of anilines is 1. The molecule has 0 aromatic heterocycles. The Bertz CT molecular complexity index is 985. The number of benzene rings is 3. The summed E-state index contributed by atoms with van der Waals surface area (Å²) in [6, 6.07) is 22.8. The van der Waals surface area contributed by atoms with E-state index in [4.69, 9.17) is 0 Å². The third kappa shape index (κ3) is 3.78. The normalized spacial score (nSPS) is 16.2. The minimum absolute atomic E-state index is 0.0867. The summed E-state index contributed by atoms with van der Waals surface area (Å²) in [5.41, 5.74) is 3.31. The lowest BCUT2D eigenvalue weighted by Crippen LogP contribution is -2.37. The summed E-state index contributed by atoms with van der Waals surface area (Å²) in [6.07, 6.45) is 0.227. The summed E-state index contributed by atoms with van der Waals surface area (Å²) >= 11 is 0. The second-order valence-electron chi connectivity index (χ2n) is 6.80. The SMILES string of the molecule is O=C(N[C@H]1CC(=O)N(c2ccc(F)cc2)C1)c1ccc(-c2ccccc2)cc1. The lowest BCUT2D eigenvalue weighted by atomic mass is 10.0. The first-order chi connectivity index (χ1) is 13.6. The summed E-state index contributed by atoms with van der Waals surface area (Å²) in [5, 5.41) is 2.92. The van der Waals surface area contributed by atoms with E-state index in [1.807, 2.05) is 42.5 Å². The van der Waals surface area contributed by atoms with E-state index >= 15 is 0 Å². The number of amides is 2. The van der Waals surface area contributed by atoms with E-state index < -0.39 is 0 Å². The molecule has 1 N–H and O–H groups in total. The van der Waals surface area contributed by atoms with Gasteiger partial charge in [-0.15, -0.1) is 0 Å². The molecule has 0 saturated carbocycles. The molecule has 0 bridgehead atoms. The van der Waals surface area contributed by atoms with Crippen LogP contribution < -0.4 is 10.2 Å². The van der Waals surface area contributed by atoms with Crippen molar-refractivity contribution in [1.82, 2.24) is 5.32 Å². The van der Waals surface area contributed by atoms with Gasteiger partial charge < -0.3 is 10.2 Å². The van der Waals surface area contributed by atoms with Crippen LogP contribution >= 0.6 is 0 Å². The molecular formula is C23H19FN2O2. The van der Waals surface area contributed by atoms with Gasteiger partial charge in [-0.1, -0.05) is 42.5 Å². The predicted octanol–water partition coefficient (Wildman–Crippen LogP) is 4.03. The number of hydrogen-bond acceptors (Lipinski definition) is 2. The average molecular weight is 374 g/mol. The van der Waals surface area contributed by atoms with Gasteiger partial charge in [-0.05, 0) is 47.5 Å². The van der Waals surface area contributed by atoms with E-state index in [0.29, 0.717) is 17.8 Å². The van der Waals surface area contributed by atoms with Crippen LogP contribution in [-0.4, -0.2) is 24.4 Å². The minimum atomic E-state index is -0.348. The predicted molar refractivity (Wildman–Crippen MR) is 107 cm³/mol. The number of nitrogens with zero attached hydrogens (tertiary/aromatic N) is 1. The van der Waals surface area contributed by atoms with E-state index in [9.17, 15) is 14.0 Å². The monoisotopic (exact) mass is 374 g/mol. The van der Waals surface area contributed by atoms with Gasteiger partial charge in [-0.2, -0.15) is 0 Å². The molecule has 4 rings (SSSR count). The average Bonchev–Trinajstić information content (AvgIpc) is 3.09. The van der Waals surface area contributed by atoms with Crippen molar-refractivity contribution in [3.8, 4) is 11.1 Å². The first kappa shape index (κ1) is 17.9. The zero-order chi connectivity index (χ0) is 19.5. The highest BCUT2D eigenvalue weighted by Gasteiger charge is 2.31. The number of halogens is 1. The van der Waals surface area contributed by atoms with Crippen LogP contribution in [0.2, 0.25) is 0 Å². The van der Waals surface area contributed by atoms with Gasteiger partial charge in [0.1, 0.15) is 5.82 Å². The van der Waals surface area contributed by atoms with Crippen LogP contribution in [0.25, 0.3) is 11.1 Å². The van der Waals surface area contributed by atoms with Gasteiger partial charge in [0.2, 0.25) is 5.91 Å². The Balaban J connectivity index is 1.41. The van der Waals surface area contributed by atoms with Crippen molar-refractivity contribution in [2.75, 3.05) is 11.4 Å². The molecule has 3 aromatic carbocycles. The molecule has 2 amide bonds. The molecule has 5 heteroatoms. The van der Waals surface area contributed by atoms with Crippen LogP contribution in [0, 0.1) is 5.82 Å². The van der Waals surface area contributed by atoms with Crippen molar-refractivity contribution in [2.45, 2.75) is 12.5 Å². The zero-order valence-corrected chi connectivity index (χ0v) is 15.1. The Morgan fingerprint density at radius 2 is 1.54 bits per heavy atom. The van der Waals surface area contributed by atoms with Crippen molar-refractivity contribution in [2.24, 2.45) is 0 Å². The molecule has 1 heterocycles. The van der Waals surface area contributed by atoms with Crippen molar-refractivity contribution in [1.29, 1.82) is 0 Å². The summed E-state index contributed by atoms with van der Waals surface area (Å²) in [5.74, 6) is -0.645.